The van der Waals surface area contributed by atoms with Gasteiger partial charge in [-0.1, -0.05) is 6.92 Å². The van der Waals surface area contributed by atoms with Crippen molar-refractivity contribution in [2.45, 2.75) is 44.8 Å². The predicted octanol–water partition coefficient (Wildman–Crippen LogP) is 1.50. The number of piperazine rings is 1. The first-order chi connectivity index (χ1) is 14.2. The molecule has 2 aliphatic rings. The molecule has 0 spiro atoms. The topological polar surface area (TPSA) is 99.3 Å². The molecule has 4 rings (SSSR count). The number of hydrogen-bond acceptors (Lipinski definition) is 7. The Kier molecular flexibility index (Phi) is 6.25. The highest BCUT2D eigenvalue weighted by atomic mass is 16.5. The second-order valence-electron chi connectivity index (χ2n) is 8.12. The first kappa shape index (κ1) is 20.0. The molecule has 1 saturated carbocycles. The third kappa shape index (κ3) is 4.51. The Morgan fingerprint density at radius 3 is 2.86 bits per heavy atom. The minimum Gasteiger partial charge on any atom is -0.376 e. The van der Waals surface area contributed by atoms with Crippen LogP contribution in [0.1, 0.15) is 32.6 Å². The lowest BCUT2D eigenvalue weighted by atomic mass is 9.82. The highest BCUT2D eigenvalue weighted by Gasteiger charge is 2.37. The van der Waals surface area contributed by atoms with E-state index in [0.29, 0.717) is 5.65 Å². The quantitative estimate of drug-likeness (QED) is 0.757. The number of anilines is 1. The maximum atomic E-state index is 13.1. The maximum absolute atomic E-state index is 13.1. The molecule has 1 aliphatic carbocycles. The van der Waals surface area contributed by atoms with Crippen molar-refractivity contribution in [2.75, 3.05) is 45.2 Å². The van der Waals surface area contributed by atoms with Gasteiger partial charge in [-0.05, 0) is 32.7 Å². The molecule has 0 radical (unpaired) electrons. The number of H-pyrrole nitrogens is 1. The average Bonchev–Trinajstić information content (AvgIpc) is 3.23. The fourth-order valence-electron chi connectivity index (χ4n) is 4.32. The first-order valence-electron chi connectivity index (χ1n) is 10.6. The molecule has 29 heavy (non-hydrogen) atoms. The zero-order chi connectivity index (χ0) is 20.2. The molecule has 9 heteroatoms. The van der Waals surface area contributed by atoms with E-state index in [1.165, 1.54) is 6.33 Å². The van der Waals surface area contributed by atoms with Crippen LogP contribution in [0.3, 0.4) is 0 Å². The van der Waals surface area contributed by atoms with Gasteiger partial charge in [0, 0.05) is 38.7 Å². The number of hydrogen-bond donors (Lipinski definition) is 2. The molecule has 1 aliphatic heterocycles. The van der Waals surface area contributed by atoms with Gasteiger partial charge in [0.25, 0.3) is 0 Å². The van der Waals surface area contributed by atoms with E-state index in [0.717, 1.165) is 69.8 Å². The summed E-state index contributed by atoms with van der Waals surface area (Å²) in [6.45, 7) is 6.37. The summed E-state index contributed by atoms with van der Waals surface area (Å²) in [5.74, 6) is 1.03. The summed E-state index contributed by atoms with van der Waals surface area (Å²) in [4.78, 5) is 33.4. The van der Waals surface area contributed by atoms with Gasteiger partial charge >= 0.3 is 0 Å². The summed E-state index contributed by atoms with van der Waals surface area (Å²) in [6.07, 6.45) is 6.68. The number of nitrogens with zero attached hydrogens (tertiary/aromatic N) is 5. The molecule has 0 aromatic carbocycles. The van der Waals surface area contributed by atoms with Crippen LogP contribution in [0.4, 0.5) is 5.82 Å². The molecule has 2 fully saturated rings. The number of carbonyl (C=O) groups excluding carboxylic acids is 1. The summed E-state index contributed by atoms with van der Waals surface area (Å²) in [5.41, 5.74) is 1.42. The second kappa shape index (κ2) is 9.04. The lowest BCUT2D eigenvalue weighted by Gasteiger charge is -2.39. The lowest BCUT2D eigenvalue weighted by Crippen LogP contribution is -2.51. The SMILES string of the molecule is CCCO[C@@H]1CC[C@H](C(=O)N2CCN(C)CC2)C[C@H]1Nc1ncnc2nc[nH]c12. The Bertz CT molecular complexity index is 818. The van der Waals surface area contributed by atoms with Crippen LogP contribution in [0.25, 0.3) is 11.2 Å². The fraction of sp³-hybridized carbons (Fsp3) is 0.700. The van der Waals surface area contributed by atoms with Gasteiger partial charge in [0.2, 0.25) is 5.91 Å². The number of aromatic nitrogens is 4. The number of fused-ring (bicyclic) bond motifs is 1. The van der Waals surface area contributed by atoms with Gasteiger partial charge in [-0.25, -0.2) is 15.0 Å². The smallest absolute Gasteiger partial charge is 0.225 e. The molecular weight excluding hydrogens is 370 g/mol. The number of rotatable bonds is 6. The third-order valence-corrected chi connectivity index (χ3v) is 6.03. The largest absolute Gasteiger partial charge is 0.376 e. The highest BCUT2D eigenvalue weighted by Crippen LogP contribution is 2.31. The molecule has 2 aromatic heterocycles. The van der Waals surface area contributed by atoms with E-state index in [1.807, 2.05) is 4.90 Å². The van der Waals surface area contributed by atoms with Crippen LogP contribution in [0, 0.1) is 5.92 Å². The monoisotopic (exact) mass is 401 g/mol. The normalized spacial score (nSPS) is 26.0. The molecular formula is C20H31N7O2. The van der Waals surface area contributed by atoms with Crippen LogP contribution < -0.4 is 5.32 Å². The number of ether oxygens (including phenoxy) is 1. The van der Waals surface area contributed by atoms with Crippen LogP contribution in [-0.2, 0) is 9.53 Å². The van der Waals surface area contributed by atoms with E-state index >= 15 is 0 Å². The van der Waals surface area contributed by atoms with Crippen molar-refractivity contribution in [1.29, 1.82) is 0 Å². The number of amides is 1. The molecule has 1 amide bonds. The van der Waals surface area contributed by atoms with Gasteiger partial charge in [0.1, 0.15) is 11.8 Å². The van der Waals surface area contributed by atoms with Crippen LogP contribution >= 0.6 is 0 Å². The Labute approximate surface area is 171 Å². The van der Waals surface area contributed by atoms with Crippen molar-refractivity contribution in [2.24, 2.45) is 5.92 Å². The Morgan fingerprint density at radius 2 is 2.07 bits per heavy atom. The van der Waals surface area contributed by atoms with Crippen molar-refractivity contribution in [3.63, 3.8) is 0 Å². The van der Waals surface area contributed by atoms with E-state index in [4.69, 9.17) is 4.74 Å². The fourth-order valence-corrected chi connectivity index (χ4v) is 4.32. The second-order valence-corrected chi connectivity index (χ2v) is 8.12. The van der Waals surface area contributed by atoms with Crippen molar-refractivity contribution in [1.82, 2.24) is 29.7 Å². The zero-order valence-corrected chi connectivity index (χ0v) is 17.3. The van der Waals surface area contributed by atoms with Gasteiger partial charge in [0.05, 0.1) is 18.5 Å². The molecule has 158 valence electrons. The van der Waals surface area contributed by atoms with E-state index in [9.17, 15) is 4.79 Å². The van der Waals surface area contributed by atoms with Crippen molar-refractivity contribution < 1.29 is 9.53 Å². The van der Waals surface area contributed by atoms with E-state index in [2.05, 4.69) is 44.1 Å². The van der Waals surface area contributed by atoms with Crippen molar-refractivity contribution >= 4 is 22.9 Å². The summed E-state index contributed by atoms with van der Waals surface area (Å²) >= 11 is 0. The highest BCUT2D eigenvalue weighted by molar-refractivity contribution is 5.82. The summed E-state index contributed by atoms with van der Waals surface area (Å²) < 4.78 is 6.13. The third-order valence-electron chi connectivity index (χ3n) is 6.03. The van der Waals surface area contributed by atoms with Crippen molar-refractivity contribution in [3.05, 3.63) is 12.7 Å². The molecule has 9 nitrogen and oxygen atoms in total. The standard InChI is InChI=1S/C20H31N7O2/c1-3-10-29-16-5-4-14(20(28)27-8-6-26(2)7-9-27)11-15(16)25-19-17-18(22-12-21-17)23-13-24-19/h12-16H,3-11H2,1-2H3,(H2,21,22,23,24,25)/t14-,15+,16+/m0/s1. The summed E-state index contributed by atoms with van der Waals surface area (Å²) in [7, 11) is 2.11. The number of likely N-dealkylation sites (N-methyl/N-ethyl adjacent to an activating group) is 1. The minimum absolute atomic E-state index is 0.0245. The average molecular weight is 402 g/mol. The van der Waals surface area contributed by atoms with Crippen LogP contribution in [0.15, 0.2) is 12.7 Å². The van der Waals surface area contributed by atoms with Gasteiger partial charge < -0.3 is 24.8 Å². The number of carbonyl (C=O) groups is 1. The van der Waals surface area contributed by atoms with Crippen molar-refractivity contribution in [3.8, 4) is 0 Å². The Balaban J connectivity index is 1.48. The zero-order valence-electron chi connectivity index (χ0n) is 17.3. The van der Waals surface area contributed by atoms with E-state index < -0.39 is 0 Å². The predicted molar refractivity (Wildman–Crippen MR) is 111 cm³/mol. The molecule has 2 N–H and O–H groups in total. The molecule has 1 saturated heterocycles. The van der Waals surface area contributed by atoms with Gasteiger partial charge in [-0.15, -0.1) is 0 Å². The minimum atomic E-state index is 0.0245. The lowest BCUT2D eigenvalue weighted by molar-refractivity contribution is -0.139. The summed E-state index contributed by atoms with van der Waals surface area (Å²) in [5, 5.41) is 3.54. The Hall–Kier alpha value is -2.26. The molecule has 0 unspecified atom stereocenters. The van der Waals surface area contributed by atoms with Crippen LogP contribution in [0.2, 0.25) is 0 Å². The first-order valence-corrected chi connectivity index (χ1v) is 10.6. The number of nitrogens with one attached hydrogen (secondary N) is 2. The van der Waals surface area contributed by atoms with Crippen LogP contribution in [0.5, 0.6) is 0 Å². The van der Waals surface area contributed by atoms with Crippen LogP contribution in [-0.4, -0.2) is 87.6 Å². The Morgan fingerprint density at radius 1 is 1.24 bits per heavy atom. The van der Waals surface area contributed by atoms with Gasteiger partial charge in [-0.2, -0.15) is 0 Å². The molecule has 0 bridgehead atoms. The van der Waals surface area contributed by atoms with E-state index in [1.54, 1.807) is 6.33 Å². The number of imidazole rings is 1. The van der Waals surface area contributed by atoms with E-state index in [-0.39, 0.29) is 24.0 Å². The number of aromatic amines is 1. The molecule has 2 aromatic rings. The van der Waals surface area contributed by atoms with Gasteiger partial charge in [0.15, 0.2) is 11.5 Å². The maximum Gasteiger partial charge on any atom is 0.225 e. The van der Waals surface area contributed by atoms with Gasteiger partial charge in [-0.3, -0.25) is 4.79 Å². The molecule has 3 atom stereocenters. The molecule has 3 heterocycles. The summed E-state index contributed by atoms with van der Waals surface area (Å²) in [6, 6.07) is 0.0260.